The molecule has 6 heteroatoms. The number of anilines is 2. The van der Waals surface area contributed by atoms with Gasteiger partial charge in [0.05, 0.1) is 0 Å². The number of thioether (sulfide) groups is 1. The molecule has 0 atom stereocenters. The number of hydrogen-bond donors (Lipinski definition) is 2. The smallest absolute Gasteiger partial charge is 0.135 e. The number of rotatable bonds is 6. The number of aromatic nitrogens is 2. The average Bonchev–Trinajstić information content (AvgIpc) is 2.49. The van der Waals surface area contributed by atoms with Gasteiger partial charge in [0.1, 0.15) is 17.5 Å². The van der Waals surface area contributed by atoms with Crippen LogP contribution >= 0.6 is 11.8 Å². The molecular formula is C15H27N5S. The predicted molar refractivity (Wildman–Crippen MR) is 92.7 cm³/mol. The van der Waals surface area contributed by atoms with E-state index in [9.17, 15) is 0 Å². The van der Waals surface area contributed by atoms with Gasteiger partial charge in [0, 0.05) is 56.2 Å². The van der Waals surface area contributed by atoms with Crippen molar-refractivity contribution in [1.82, 2.24) is 14.9 Å². The molecule has 1 aliphatic heterocycles. The van der Waals surface area contributed by atoms with Gasteiger partial charge < -0.3 is 10.6 Å². The lowest BCUT2D eigenvalue weighted by molar-refractivity contribution is 0.314. The van der Waals surface area contributed by atoms with Gasteiger partial charge in [-0.25, -0.2) is 9.97 Å². The lowest BCUT2D eigenvalue weighted by atomic mass is 10.2. The molecule has 0 saturated carbocycles. The number of nitrogens with one attached hydrogen (secondary N) is 2. The molecule has 0 aromatic carbocycles. The molecule has 118 valence electrons. The van der Waals surface area contributed by atoms with E-state index in [-0.39, 0.29) is 0 Å². The third kappa shape index (κ3) is 4.48. The third-order valence-corrected chi connectivity index (χ3v) is 4.68. The van der Waals surface area contributed by atoms with Crippen molar-refractivity contribution in [1.29, 1.82) is 0 Å². The zero-order valence-corrected chi connectivity index (χ0v) is 14.4. The van der Waals surface area contributed by atoms with Gasteiger partial charge in [0.15, 0.2) is 0 Å². The maximum Gasteiger partial charge on any atom is 0.135 e. The molecule has 1 aliphatic rings. The van der Waals surface area contributed by atoms with E-state index in [1.165, 1.54) is 24.6 Å². The highest BCUT2D eigenvalue weighted by Gasteiger charge is 2.13. The summed E-state index contributed by atoms with van der Waals surface area (Å²) >= 11 is 2.05. The van der Waals surface area contributed by atoms with Gasteiger partial charge in [-0.15, -0.1) is 0 Å². The molecule has 2 N–H and O–H groups in total. The summed E-state index contributed by atoms with van der Waals surface area (Å²) in [6, 6.07) is 0. The van der Waals surface area contributed by atoms with Crippen LogP contribution in [0.2, 0.25) is 0 Å². The molecule has 0 unspecified atom stereocenters. The van der Waals surface area contributed by atoms with E-state index in [0.29, 0.717) is 5.92 Å². The molecule has 1 fully saturated rings. The second-order valence-electron chi connectivity index (χ2n) is 5.69. The molecule has 1 aromatic rings. The van der Waals surface area contributed by atoms with Gasteiger partial charge >= 0.3 is 0 Å². The minimum atomic E-state index is 0.331. The number of hydrogen-bond acceptors (Lipinski definition) is 6. The second-order valence-corrected chi connectivity index (χ2v) is 6.91. The topological polar surface area (TPSA) is 53.1 Å². The molecule has 5 nitrogen and oxygen atoms in total. The standard InChI is InChI=1S/C15H27N5S/c1-11(2)13-18-14(16-4)12(3)15(19-13)17-5-6-20-7-9-21-10-8-20/h11H,5-10H2,1-4H3,(H2,16,17,18,19). The molecule has 0 bridgehead atoms. The van der Waals surface area contributed by atoms with E-state index >= 15 is 0 Å². The van der Waals surface area contributed by atoms with Crippen molar-refractivity contribution in [2.75, 3.05) is 55.4 Å². The van der Waals surface area contributed by atoms with Crippen LogP contribution < -0.4 is 10.6 Å². The maximum absolute atomic E-state index is 4.68. The fourth-order valence-electron chi connectivity index (χ4n) is 2.36. The van der Waals surface area contributed by atoms with Crippen LogP contribution in [0, 0.1) is 6.92 Å². The van der Waals surface area contributed by atoms with Crippen molar-refractivity contribution < 1.29 is 0 Å². The summed E-state index contributed by atoms with van der Waals surface area (Å²) in [5, 5.41) is 6.66. The third-order valence-electron chi connectivity index (χ3n) is 3.74. The predicted octanol–water partition coefficient (Wildman–Crippen LogP) is 2.41. The Hall–Kier alpha value is -1.01. The Kier molecular flexibility index (Phi) is 6.11. The fraction of sp³-hybridized carbons (Fsp3) is 0.733. The summed E-state index contributed by atoms with van der Waals surface area (Å²) in [6.45, 7) is 10.7. The van der Waals surface area contributed by atoms with Crippen LogP contribution in [0.15, 0.2) is 0 Å². The normalized spacial score (nSPS) is 16.2. The van der Waals surface area contributed by atoms with Crippen LogP contribution in [0.1, 0.15) is 31.2 Å². The summed E-state index contributed by atoms with van der Waals surface area (Å²) in [5.41, 5.74) is 1.09. The SMILES string of the molecule is CNc1nc(C(C)C)nc(NCCN2CCSCC2)c1C. The fourth-order valence-corrected chi connectivity index (χ4v) is 3.34. The minimum Gasteiger partial charge on any atom is -0.373 e. The first-order valence-corrected chi connectivity index (χ1v) is 8.87. The van der Waals surface area contributed by atoms with Gasteiger partial charge in [-0.3, -0.25) is 4.90 Å². The Balaban J connectivity index is 1.99. The van der Waals surface area contributed by atoms with Crippen molar-refractivity contribution in [3.05, 3.63) is 11.4 Å². The van der Waals surface area contributed by atoms with Gasteiger partial charge in [-0.1, -0.05) is 13.8 Å². The molecular weight excluding hydrogens is 282 g/mol. The molecule has 0 radical (unpaired) electrons. The molecule has 2 heterocycles. The molecule has 2 rings (SSSR count). The lowest BCUT2D eigenvalue weighted by Crippen LogP contribution is -2.36. The van der Waals surface area contributed by atoms with E-state index in [1.807, 2.05) is 7.05 Å². The Morgan fingerprint density at radius 2 is 1.86 bits per heavy atom. The summed E-state index contributed by atoms with van der Waals surface area (Å²) < 4.78 is 0. The van der Waals surface area contributed by atoms with Crippen molar-refractivity contribution >= 4 is 23.4 Å². The van der Waals surface area contributed by atoms with Gasteiger partial charge in [0.2, 0.25) is 0 Å². The number of nitrogens with zero attached hydrogens (tertiary/aromatic N) is 3. The van der Waals surface area contributed by atoms with Crippen LogP contribution in [0.5, 0.6) is 0 Å². The Bertz CT molecular complexity index is 458. The van der Waals surface area contributed by atoms with Crippen LogP contribution in [-0.2, 0) is 0 Å². The molecule has 0 amide bonds. The van der Waals surface area contributed by atoms with Crippen LogP contribution in [0.4, 0.5) is 11.6 Å². The summed E-state index contributed by atoms with van der Waals surface area (Å²) in [6.07, 6.45) is 0. The Morgan fingerprint density at radius 1 is 1.19 bits per heavy atom. The van der Waals surface area contributed by atoms with Crippen molar-refractivity contribution in [3.63, 3.8) is 0 Å². The van der Waals surface area contributed by atoms with Gasteiger partial charge in [0.25, 0.3) is 0 Å². The van der Waals surface area contributed by atoms with E-state index in [1.54, 1.807) is 0 Å². The van der Waals surface area contributed by atoms with Crippen molar-refractivity contribution in [3.8, 4) is 0 Å². The minimum absolute atomic E-state index is 0.331. The van der Waals surface area contributed by atoms with E-state index in [0.717, 1.165) is 36.1 Å². The first-order valence-electron chi connectivity index (χ1n) is 7.72. The molecule has 1 saturated heterocycles. The molecule has 0 spiro atoms. The maximum atomic E-state index is 4.68. The van der Waals surface area contributed by atoms with Crippen LogP contribution in [0.3, 0.4) is 0 Å². The van der Waals surface area contributed by atoms with Gasteiger partial charge in [-0.05, 0) is 6.92 Å². The zero-order chi connectivity index (χ0) is 15.2. The average molecular weight is 309 g/mol. The molecule has 0 aliphatic carbocycles. The van der Waals surface area contributed by atoms with Crippen LogP contribution in [-0.4, -0.2) is 59.6 Å². The summed E-state index contributed by atoms with van der Waals surface area (Å²) in [7, 11) is 1.91. The largest absolute Gasteiger partial charge is 0.373 e. The Labute approximate surface area is 132 Å². The van der Waals surface area contributed by atoms with Gasteiger partial charge in [-0.2, -0.15) is 11.8 Å². The monoisotopic (exact) mass is 309 g/mol. The first-order chi connectivity index (χ1) is 10.1. The zero-order valence-electron chi connectivity index (χ0n) is 13.6. The quantitative estimate of drug-likeness (QED) is 0.842. The van der Waals surface area contributed by atoms with E-state index in [2.05, 4.69) is 58.0 Å². The highest BCUT2D eigenvalue weighted by molar-refractivity contribution is 7.99. The molecule has 1 aromatic heterocycles. The first kappa shape index (κ1) is 16.4. The van der Waals surface area contributed by atoms with Crippen LogP contribution in [0.25, 0.3) is 0 Å². The molecule has 21 heavy (non-hydrogen) atoms. The highest BCUT2D eigenvalue weighted by Crippen LogP contribution is 2.22. The Morgan fingerprint density at radius 3 is 2.48 bits per heavy atom. The van der Waals surface area contributed by atoms with Crippen molar-refractivity contribution in [2.24, 2.45) is 0 Å². The van der Waals surface area contributed by atoms with E-state index in [4.69, 9.17) is 0 Å². The summed E-state index contributed by atoms with van der Waals surface area (Å²) in [5.74, 6) is 5.62. The van der Waals surface area contributed by atoms with Crippen molar-refractivity contribution in [2.45, 2.75) is 26.7 Å². The summed E-state index contributed by atoms with van der Waals surface area (Å²) in [4.78, 5) is 11.8. The van der Waals surface area contributed by atoms with E-state index < -0.39 is 0 Å². The second kappa shape index (κ2) is 7.84. The highest BCUT2D eigenvalue weighted by atomic mass is 32.2. The lowest BCUT2D eigenvalue weighted by Gasteiger charge is -2.26.